The van der Waals surface area contributed by atoms with E-state index in [1.165, 1.54) is 6.42 Å². The fourth-order valence-electron chi connectivity index (χ4n) is 3.51. The van der Waals surface area contributed by atoms with E-state index in [0.29, 0.717) is 5.69 Å². The maximum atomic E-state index is 12.2. The van der Waals surface area contributed by atoms with Gasteiger partial charge in [-0.1, -0.05) is 20.3 Å². The SMILES string of the molecule is CC(C)(CC(=O)O)CC(=O)Nc1ccc(-c2nnc3n2CCCCC3)cc1. The Morgan fingerprint density at radius 2 is 1.85 bits per heavy atom. The second-order valence-electron chi connectivity index (χ2n) is 7.94. The van der Waals surface area contributed by atoms with Gasteiger partial charge in [0.2, 0.25) is 5.91 Å². The molecule has 2 N–H and O–H groups in total. The van der Waals surface area contributed by atoms with Gasteiger partial charge < -0.3 is 15.0 Å². The van der Waals surface area contributed by atoms with Crippen molar-refractivity contribution in [1.82, 2.24) is 14.8 Å². The molecule has 7 heteroatoms. The molecule has 2 heterocycles. The number of amides is 1. The third-order valence-electron chi connectivity index (χ3n) is 4.81. The van der Waals surface area contributed by atoms with Crippen LogP contribution >= 0.6 is 0 Å². The first-order valence-electron chi connectivity index (χ1n) is 9.38. The molecule has 0 saturated heterocycles. The number of nitrogens with zero attached hydrogens (tertiary/aromatic N) is 3. The molecule has 0 spiro atoms. The summed E-state index contributed by atoms with van der Waals surface area (Å²) < 4.78 is 2.19. The standard InChI is InChI=1S/C20H26N4O3/c1-20(2,13-18(26)27)12-17(25)21-15-9-7-14(8-10-15)19-23-22-16-6-4-3-5-11-24(16)19/h7-10H,3-6,11-13H2,1-2H3,(H,21,25)(H,26,27). The molecule has 144 valence electrons. The normalized spacial score (nSPS) is 14.3. The van der Waals surface area contributed by atoms with Gasteiger partial charge in [-0.15, -0.1) is 10.2 Å². The Balaban J connectivity index is 1.67. The Hall–Kier alpha value is -2.70. The third kappa shape index (κ3) is 4.93. The fourth-order valence-corrected chi connectivity index (χ4v) is 3.51. The Morgan fingerprint density at radius 1 is 1.11 bits per heavy atom. The van der Waals surface area contributed by atoms with E-state index in [-0.39, 0.29) is 18.7 Å². The molecule has 0 saturated carbocycles. The largest absolute Gasteiger partial charge is 0.481 e. The van der Waals surface area contributed by atoms with Crippen LogP contribution in [0, 0.1) is 5.41 Å². The number of benzene rings is 1. The molecule has 7 nitrogen and oxygen atoms in total. The molecule has 0 bridgehead atoms. The van der Waals surface area contributed by atoms with Crippen LogP contribution < -0.4 is 5.32 Å². The zero-order chi connectivity index (χ0) is 19.4. The highest BCUT2D eigenvalue weighted by Gasteiger charge is 2.25. The minimum Gasteiger partial charge on any atom is -0.481 e. The summed E-state index contributed by atoms with van der Waals surface area (Å²) in [5.74, 6) is 0.822. The van der Waals surface area contributed by atoms with E-state index < -0.39 is 11.4 Å². The van der Waals surface area contributed by atoms with Gasteiger partial charge in [0.15, 0.2) is 5.82 Å². The van der Waals surface area contributed by atoms with E-state index >= 15 is 0 Å². The summed E-state index contributed by atoms with van der Waals surface area (Å²) >= 11 is 0. The number of anilines is 1. The van der Waals surface area contributed by atoms with Crippen molar-refractivity contribution in [3.8, 4) is 11.4 Å². The van der Waals surface area contributed by atoms with Crippen molar-refractivity contribution < 1.29 is 14.7 Å². The van der Waals surface area contributed by atoms with Gasteiger partial charge in [0.25, 0.3) is 0 Å². The molecule has 0 fully saturated rings. The number of carbonyl (C=O) groups is 2. The van der Waals surface area contributed by atoms with E-state index in [0.717, 1.165) is 43.0 Å². The van der Waals surface area contributed by atoms with Gasteiger partial charge in [-0.2, -0.15) is 0 Å². The first-order chi connectivity index (χ1) is 12.8. The van der Waals surface area contributed by atoms with E-state index in [9.17, 15) is 9.59 Å². The molecular formula is C20H26N4O3. The number of hydrogen-bond donors (Lipinski definition) is 2. The number of aromatic nitrogens is 3. The van der Waals surface area contributed by atoms with Crippen LogP contribution in [-0.2, 0) is 22.6 Å². The van der Waals surface area contributed by atoms with Gasteiger partial charge in [0.05, 0.1) is 6.42 Å². The predicted octanol–water partition coefficient (Wildman–Crippen LogP) is 3.50. The highest BCUT2D eigenvalue weighted by atomic mass is 16.4. The zero-order valence-electron chi connectivity index (χ0n) is 15.9. The topological polar surface area (TPSA) is 97.1 Å². The minimum absolute atomic E-state index is 0.0443. The second kappa shape index (κ2) is 7.90. The maximum absolute atomic E-state index is 12.2. The lowest BCUT2D eigenvalue weighted by Crippen LogP contribution is -2.24. The molecule has 1 amide bonds. The zero-order valence-corrected chi connectivity index (χ0v) is 15.9. The first kappa shape index (κ1) is 19.1. The summed E-state index contributed by atoms with van der Waals surface area (Å²) in [6, 6.07) is 7.55. The molecule has 27 heavy (non-hydrogen) atoms. The van der Waals surface area contributed by atoms with Crippen molar-refractivity contribution in [3.63, 3.8) is 0 Å². The van der Waals surface area contributed by atoms with Crippen molar-refractivity contribution in [3.05, 3.63) is 30.1 Å². The smallest absolute Gasteiger partial charge is 0.303 e. The first-order valence-corrected chi connectivity index (χ1v) is 9.38. The lowest BCUT2D eigenvalue weighted by atomic mass is 9.85. The number of rotatable bonds is 6. The van der Waals surface area contributed by atoms with Gasteiger partial charge in [-0.05, 0) is 42.5 Å². The Morgan fingerprint density at radius 3 is 2.56 bits per heavy atom. The van der Waals surface area contributed by atoms with Crippen LogP contribution in [0.3, 0.4) is 0 Å². The summed E-state index contributed by atoms with van der Waals surface area (Å²) in [4.78, 5) is 23.1. The van der Waals surface area contributed by atoms with Crippen molar-refractivity contribution >= 4 is 17.6 Å². The van der Waals surface area contributed by atoms with Crippen LogP contribution in [0.1, 0.15) is 51.8 Å². The number of fused-ring (bicyclic) bond motifs is 1. The summed E-state index contributed by atoms with van der Waals surface area (Å²) in [5.41, 5.74) is 1.07. The molecule has 0 unspecified atom stereocenters. The van der Waals surface area contributed by atoms with E-state index in [1.807, 2.05) is 24.3 Å². The average Bonchev–Trinajstić information content (AvgIpc) is 2.82. The number of aliphatic carboxylic acids is 1. The molecule has 0 aliphatic carbocycles. The summed E-state index contributed by atoms with van der Waals surface area (Å²) in [6.07, 6.45) is 4.58. The Bertz CT molecular complexity index is 824. The fraction of sp³-hybridized carbons (Fsp3) is 0.500. The summed E-state index contributed by atoms with van der Waals surface area (Å²) in [7, 11) is 0. The molecule has 1 aromatic heterocycles. The molecule has 2 aromatic rings. The quantitative estimate of drug-likeness (QED) is 0.811. The van der Waals surface area contributed by atoms with Gasteiger partial charge in [0.1, 0.15) is 5.82 Å². The van der Waals surface area contributed by atoms with Crippen molar-refractivity contribution in [2.24, 2.45) is 5.41 Å². The van der Waals surface area contributed by atoms with Gasteiger partial charge >= 0.3 is 5.97 Å². The molecule has 1 aromatic carbocycles. The Labute approximate surface area is 158 Å². The van der Waals surface area contributed by atoms with E-state index in [1.54, 1.807) is 13.8 Å². The average molecular weight is 370 g/mol. The highest BCUT2D eigenvalue weighted by Crippen LogP contribution is 2.27. The molecule has 1 aliphatic rings. The minimum atomic E-state index is -0.899. The Kier molecular flexibility index (Phi) is 5.58. The highest BCUT2D eigenvalue weighted by molar-refractivity contribution is 5.91. The number of carbonyl (C=O) groups excluding carboxylic acids is 1. The van der Waals surface area contributed by atoms with Crippen LogP contribution in [0.25, 0.3) is 11.4 Å². The van der Waals surface area contributed by atoms with Crippen molar-refractivity contribution in [2.75, 3.05) is 5.32 Å². The second-order valence-corrected chi connectivity index (χ2v) is 7.94. The summed E-state index contributed by atoms with van der Waals surface area (Å²) in [5, 5.41) is 20.4. The number of carboxylic acids is 1. The van der Waals surface area contributed by atoms with E-state index in [2.05, 4.69) is 20.1 Å². The van der Waals surface area contributed by atoms with Crippen molar-refractivity contribution in [2.45, 2.75) is 58.9 Å². The lowest BCUT2D eigenvalue weighted by molar-refractivity contribution is -0.139. The number of nitrogens with one attached hydrogen (secondary N) is 1. The van der Waals surface area contributed by atoms with Crippen LogP contribution in [0.2, 0.25) is 0 Å². The molecule has 1 aliphatic heterocycles. The van der Waals surface area contributed by atoms with Crippen LogP contribution in [0.4, 0.5) is 5.69 Å². The van der Waals surface area contributed by atoms with Gasteiger partial charge in [-0.3, -0.25) is 9.59 Å². The number of carboxylic acid groups (broad SMARTS) is 1. The third-order valence-corrected chi connectivity index (χ3v) is 4.81. The lowest BCUT2D eigenvalue weighted by Gasteiger charge is -2.21. The summed E-state index contributed by atoms with van der Waals surface area (Å²) in [6.45, 7) is 4.50. The van der Waals surface area contributed by atoms with Crippen LogP contribution in [0.5, 0.6) is 0 Å². The number of aryl methyl sites for hydroxylation is 1. The van der Waals surface area contributed by atoms with Gasteiger partial charge in [-0.25, -0.2) is 0 Å². The molecule has 0 atom stereocenters. The number of hydrogen-bond acceptors (Lipinski definition) is 4. The molecule has 3 rings (SSSR count). The van der Waals surface area contributed by atoms with E-state index in [4.69, 9.17) is 5.11 Å². The maximum Gasteiger partial charge on any atom is 0.303 e. The van der Waals surface area contributed by atoms with Crippen LogP contribution in [-0.4, -0.2) is 31.7 Å². The monoisotopic (exact) mass is 370 g/mol. The van der Waals surface area contributed by atoms with Gasteiger partial charge in [0, 0.05) is 30.6 Å². The molecular weight excluding hydrogens is 344 g/mol. The molecule has 0 radical (unpaired) electrons. The van der Waals surface area contributed by atoms with Crippen molar-refractivity contribution in [1.29, 1.82) is 0 Å². The predicted molar refractivity (Wildman–Crippen MR) is 102 cm³/mol. The van der Waals surface area contributed by atoms with Crippen LogP contribution in [0.15, 0.2) is 24.3 Å².